The average Bonchev–Trinajstić information content (AvgIpc) is 3.03. The molecule has 1 heterocycles. The summed E-state index contributed by atoms with van der Waals surface area (Å²) in [6, 6.07) is 14.6. The number of methoxy groups -OCH3 is 1. The van der Waals surface area contributed by atoms with Gasteiger partial charge in [-0.25, -0.2) is 0 Å². The Balaban J connectivity index is 1.66. The van der Waals surface area contributed by atoms with Crippen LogP contribution in [0.25, 0.3) is 6.08 Å². The number of nitrogens with zero attached hydrogens (tertiary/aromatic N) is 1. The number of carbonyl (C=O) groups is 1. The molecule has 0 radical (unpaired) electrons. The van der Waals surface area contributed by atoms with Crippen molar-refractivity contribution >= 4 is 74.6 Å². The summed E-state index contributed by atoms with van der Waals surface area (Å²) in [7, 11) is 1.69. The van der Waals surface area contributed by atoms with Crippen molar-refractivity contribution in [3.63, 3.8) is 0 Å². The highest BCUT2D eigenvalue weighted by Crippen LogP contribution is 2.42. The van der Waals surface area contributed by atoms with E-state index in [1.54, 1.807) is 18.9 Å². The summed E-state index contributed by atoms with van der Waals surface area (Å²) in [5.74, 6) is 1.54. The largest absolute Gasteiger partial charge is 0.495 e. The molecular weight excluding hydrogens is 634 g/mol. The fourth-order valence-electron chi connectivity index (χ4n) is 4.38. The van der Waals surface area contributed by atoms with Crippen molar-refractivity contribution in [1.29, 1.82) is 0 Å². The quantitative estimate of drug-likeness (QED) is 0.283. The lowest BCUT2D eigenvalue weighted by Gasteiger charge is -2.39. The van der Waals surface area contributed by atoms with Gasteiger partial charge in [-0.05, 0) is 99.8 Å². The maximum Gasteiger partial charge on any atom is 0.262 e. The van der Waals surface area contributed by atoms with Crippen molar-refractivity contribution in [2.75, 3.05) is 12.4 Å². The highest BCUT2D eigenvalue weighted by molar-refractivity contribution is 14.1. The Kier molecular flexibility index (Phi) is 7.74. The predicted molar refractivity (Wildman–Crippen MR) is 146 cm³/mol. The number of carbonyl (C=O) groups excluding carboxylic acids is 1. The molecule has 1 aliphatic heterocycles. The fraction of sp³-hybridized carbons (Fsp3) is 0.375. The van der Waals surface area contributed by atoms with Gasteiger partial charge in [0.25, 0.3) is 5.91 Å². The summed E-state index contributed by atoms with van der Waals surface area (Å²) in [5, 5.41) is 3.60. The molecule has 2 fully saturated rings. The second-order valence-corrected chi connectivity index (χ2v) is 11.5. The number of hydrogen-bond donors (Lipinski definition) is 1. The minimum atomic E-state index is -0.0944. The Labute approximate surface area is 215 Å². The Morgan fingerprint density at radius 3 is 2.45 bits per heavy atom. The van der Waals surface area contributed by atoms with Gasteiger partial charge >= 0.3 is 0 Å². The molecule has 7 heteroatoms. The van der Waals surface area contributed by atoms with Crippen molar-refractivity contribution in [3.8, 4) is 5.75 Å². The molecule has 1 saturated heterocycles. The summed E-state index contributed by atoms with van der Waals surface area (Å²) in [6.07, 6.45) is 6.74. The topological polar surface area (TPSA) is 41.6 Å². The van der Waals surface area contributed by atoms with Crippen LogP contribution < -0.4 is 10.1 Å². The van der Waals surface area contributed by atoms with E-state index in [4.69, 9.17) is 4.74 Å². The molecule has 1 unspecified atom stereocenters. The van der Waals surface area contributed by atoms with Crippen LogP contribution in [-0.2, 0) is 4.79 Å². The summed E-state index contributed by atoms with van der Waals surface area (Å²) >= 11 is 6.21. The zero-order valence-corrected chi connectivity index (χ0v) is 22.7. The lowest BCUT2D eigenvalue weighted by molar-refractivity contribution is -0.129. The molecule has 0 aromatic heterocycles. The zero-order chi connectivity index (χ0) is 22.0. The smallest absolute Gasteiger partial charge is 0.262 e. The maximum absolute atomic E-state index is 13.6. The van der Waals surface area contributed by atoms with Crippen molar-refractivity contribution in [1.82, 2.24) is 4.90 Å². The van der Waals surface area contributed by atoms with E-state index < -0.39 is 0 Å². The highest BCUT2D eigenvalue weighted by Gasteiger charge is 2.42. The first kappa shape index (κ1) is 23.2. The minimum absolute atomic E-state index is 0.0944. The SMILES string of the molecule is COc1c(I)cc(/C=C2\SC(Nc3ccccc3)N([C@@H]3CCCC[C@H]3C)C2=O)cc1I. The molecule has 164 valence electrons. The van der Waals surface area contributed by atoms with Gasteiger partial charge in [-0.2, -0.15) is 0 Å². The highest BCUT2D eigenvalue weighted by atomic mass is 127. The number of benzene rings is 2. The molecule has 0 bridgehead atoms. The molecule has 31 heavy (non-hydrogen) atoms. The van der Waals surface area contributed by atoms with E-state index in [0.717, 1.165) is 35.5 Å². The number of anilines is 1. The van der Waals surface area contributed by atoms with Crippen LogP contribution in [0.4, 0.5) is 5.69 Å². The lowest BCUT2D eigenvalue weighted by atomic mass is 9.85. The van der Waals surface area contributed by atoms with Crippen LogP contribution in [0, 0.1) is 13.1 Å². The number of thioether (sulfide) groups is 1. The molecule has 1 N–H and O–H groups in total. The number of ether oxygens (including phenoxy) is 1. The zero-order valence-electron chi connectivity index (χ0n) is 17.6. The van der Waals surface area contributed by atoms with Crippen LogP contribution in [0.15, 0.2) is 47.4 Å². The average molecular weight is 660 g/mol. The van der Waals surface area contributed by atoms with Crippen LogP contribution >= 0.6 is 56.9 Å². The number of rotatable bonds is 5. The maximum atomic E-state index is 13.6. The first-order chi connectivity index (χ1) is 15.0. The Morgan fingerprint density at radius 2 is 1.81 bits per heavy atom. The van der Waals surface area contributed by atoms with Crippen molar-refractivity contribution in [2.45, 2.75) is 44.1 Å². The fourth-order valence-corrected chi connectivity index (χ4v) is 7.84. The first-order valence-electron chi connectivity index (χ1n) is 10.5. The van der Waals surface area contributed by atoms with E-state index in [9.17, 15) is 4.79 Å². The van der Waals surface area contributed by atoms with E-state index >= 15 is 0 Å². The molecule has 3 atom stereocenters. The standard InChI is InChI=1S/C24H26I2N2O2S/c1-15-8-6-7-11-20(15)28-23(29)21(31-24(28)27-17-9-4-3-5-10-17)14-16-12-18(25)22(30-2)19(26)13-16/h3-5,9-10,12-15,20,24,27H,6-8,11H2,1-2H3/b21-14-/t15-,20-,24?/m1/s1. The summed E-state index contributed by atoms with van der Waals surface area (Å²) < 4.78 is 7.58. The van der Waals surface area contributed by atoms with Crippen LogP contribution in [-0.4, -0.2) is 29.5 Å². The summed E-state index contributed by atoms with van der Waals surface area (Å²) in [5.41, 5.74) is 1.97. The monoisotopic (exact) mass is 660 g/mol. The summed E-state index contributed by atoms with van der Waals surface area (Å²) in [6.45, 7) is 2.29. The Bertz CT molecular complexity index is 960. The molecule has 4 nitrogen and oxygen atoms in total. The molecular formula is C24H26I2N2O2S. The Morgan fingerprint density at radius 1 is 1.13 bits per heavy atom. The minimum Gasteiger partial charge on any atom is -0.495 e. The second kappa shape index (κ2) is 10.3. The molecule has 2 aromatic carbocycles. The number of nitrogens with one attached hydrogen (secondary N) is 1. The molecule has 2 aromatic rings. The molecule has 2 aliphatic rings. The number of para-hydroxylation sites is 1. The molecule has 1 saturated carbocycles. The van der Waals surface area contributed by atoms with Gasteiger partial charge in [0.15, 0.2) is 5.50 Å². The van der Waals surface area contributed by atoms with Gasteiger partial charge in [0.2, 0.25) is 0 Å². The van der Waals surface area contributed by atoms with E-state index in [1.807, 2.05) is 24.3 Å². The molecule has 0 spiro atoms. The third-order valence-corrected chi connectivity index (χ3v) is 8.66. The van der Waals surface area contributed by atoms with Crippen molar-refractivity contribution in [3.05, 3.63) is 60.1 Å². The van der Waals surface area contributed by atoms with Crippen LogP contribution in [0.2, 0.25) is 0 Å². The van der Waals surface area contributed by atoms with E-state index in [-0.39, 0.29) is 17.4 Å². The molecule has 1 amide bonds. The number of hydrogen-bond acceptors (Lipinski definition) is 4. The predicted octanol–water partition coefficient (Wildman–Crippen LogP) is 6.80. The van der Waals surface area contributed by atoms with Gasteiger partial charge in [-0.1, -0.05) is 49.7 Å². The van der Waals surface area contributed by atoms with Gasteiger partial charge in [-0.3, -0.25) is 4.79 Å². The van der Waals surface area contributed by atoms with Crippen molar-refractivity contribution in [2.24, 2.45) is 5.92 Å². The van der Waals surface area contributed by atoms with Gasteiger partial charge in [0.1, 0.15) is 5.75 Å². The van der Waals surface area contributed by atoms with Gasteiger partial charge in [0, 0.05) is 11.7 Å². The number of halogens is 2. The van der Waals surface area contributed by atoms with Crippen LogP contribution in [0.1, 0.15) is 38.2 Å². The lowest BCUT2D eigenvalue weighted by Crippen LogP contribution is -2.48. The molecule has 4 rings (SSSR count). The van der Waals surface area contributed by atoms with E-state index in [2.05, 4.69) is 86.6 Å². The van der Waals surface area contributed by atoms with Crippen LogP contribution in [0.3, 0.4) is 0 Å². The van der Waals surface area contributed by atoms with E-state index in [0.29, 0.717) is 5.92 Å². The Hall–Kier alpha value is -0.940. The van der Waals surface area contributed by atoms with Gasteiger partial charge < -0.3 is 15.0 Å². The van der Waals surface area contributed by atoms with Gasteiger partial charge in [-0.15, -0.1) is 0 Å². The van der Waals surface area contributed by atoms with Gasteiger partial charge in [0.05, 0.1) is 19.2 Å². The van der Waals surface area contributed by atoms with Crippen molar-refractivity contribution < 1.29 is 9.53 Å². The summed E-state index contributed by atoms with van der Waals surface area (Å²) in [4.78, 5) is 16.5. The number of amides is 1. The third-order valence-electron chi connectivity index (χ3n) is 5.95. The van der Waals surface area contributed by atoms with E-state index in [1.165, 1.54) is 19.3 Å². The van der Waals surface area contributed by atoms with Crippen LogP contribution in [0.5, 0.6) is 5.75 Å². The normalized spacial score (nSPS) is 25.2. The third kappa shape index (κ3) is 5.19. The first-order valence-corrected chi connectivity index (χ1v) is 13.6. The second-order valence-electron chi connectivity index (χ2n) is 8.05. The molecule has 1 aliphatic carbocycles.